The summed E-state index contributed by atoms with van der Waals surface area (Å²) in [6.45, 7) is -0.820. The molecule has 2 bridgehead atoms. The largest absolute Gasteiger partial charge is 0.452 e. The van der Waals surface area contributed by atoms with Crippen molar-refractivity contribution in [1.29, 1.82) is 0 Å². The number of nitrogens with zero attached hydrogens (tertiary/aromatic N) is 1. The number of imide groups is 1. The molecule has 7 nitrogen and oxygen atoms in total. The second kappa shape index (κ2) is 9.73. The van der Waals surface area contributed by atoms with Crippen LogP contribution in [0.15, 0.2) is 42.5 Å². The van der Waals surface area contributed by atoms with Gasteiger partial charge in [-0.1, -0.05) is 17.7 Å². The van der Waals surface area contributed by atoms with E-state index in [0.29, 0.717) is 12.5 Å². The number of carbonyl (C=O) groups excluding carboxylic acids is 4. The molecule has 1 saturated heterocycles. The Hall–Kier alpha value is -2.82. The fraction of sp³-hybridized carbons (Fsp3) is 0.360. The van der Waals surface area contributed by atoms with Crippen LogP contribution in [0, 0.1) is 23.7 Å². The average molecular weight is 590 g/mol. The first kappa shape index (κ1) is 26.8. The quantitative estimate of drug-likeness (QED) is 0.297. The lowest BCUT2D eigenvalue weighted by Crippen LogP contribution is -2.37. The number of hydrogen-bond donors (Lipinski definition) is 1. The number of nitrogens with one attached hydrogen (secondary N) is 1. The fourth-order valence-electron chi connectivity index (χ4n) is 5.57. The zero-order chi connectivity index (χ0) is 27.5. The van der Waals surface area contributed by atoms with Crippen molar-refractivity contribution in [2.75, 3.05) is 16.8 Å². The van der Waals surface area contributed by atoms with Crippen molar-refractivity contribution in [2.24, 2.45) is 23.7 Å². The summed E-state index contributed by atoms with van der Waals surface area (Å²) >= 11 is 18.6. The number of alkyl halides is 5. The minimum absolute atomic E-state index is 0.0431. The topological polar surface area (TPSA) is 92.8 Å². The van der Waals surface area contributed by atoms with Crippen molar-refractivity contribution < 1.29 is 37.1 Å². The summed E-state index contributed by atoms with van der Waals surface area (Å²) in [4.78, 5) is 52.2. The van der Waals surface area contributed by atoms with Crippen molar-refractivity contribution in [3.63, 3.8) is 0 Å². The highest BCUT2D eigenvalue weighted by atomic mass is 35.5. The number of esters is 1. The van der Waals surface area contributed by atoms with E-state index >= 15 is 0 Å². The van der Waals surface area contributed by atoms with Crippen LogP contribution in [0.3, 0.4) is 0 Å². The first-order chi connectivity index (χ1) is 17.9. The zero-order valence-electron chi connectivity index (χ0n) is 19.2. The molecule has 0 spiro atoms. The summed E-state index contributed by atoms with van der Waals surface area (Å²) in [5, 5.41) is 1.23. The first-order valence-electron chi connectivity index (χ1n) is 11.5. The van der Waals surface area contributed by atoms with Gasteiger partial charge in [0.05, 0.1) is 50.1 Å². The summed E-state index contributed by atoms with van der Waals surface area (Å²) in [5.74, 6) is -4.19. The number of carbonyl (C=O) groups is 4. The third-order valence-electron chi connectivity index (χ3n) is 7.23. The lowest BCUT2D eigenvalue weighted by molar-refractivity contribution is -0.137. The molecule has 2 aromatic rings. The molecule has 1 N–H and O–H groups in total. The minimum atomic E-state index is -4.64. The van der Waals surface area contributed by atoms with Crippen LogP contribution in [-0.4, -0.2) is 41.1 Å². The molecule has 5 rings (SSSR count). The van der Waals surface area contributed by atoms with Crippen molar-refractivity contribution in [2.45, 2.75) is 23.4 Å². The zero-order valence-corrected chi connectivity index (χ0v) is 21.4. The van der Waals surface area contributed by atoms with Crippen LogP contribution < -0.4 is 10.2 Å². The number of rotatable bonds is 5. The molecule has 2 aromatic carbocycles. The summed E-state index contributed by atoms with van der Waals surface area (Å²) in [6.07, 6.45) is -4.03. The van der Waals surface area contributed by atoms with Gasteiger partial charge in [0, 0.05) is 0 Å². The Kier molecular flexibility index (Phi) is 6.86. The van der Waals surface area contributed by atoms with Crippen molar-refractivity contribution in [3.8, 4) is 0 Å². The maximum atomic E-state index is 13.2. The highest BCUT2D eigenvalue weighted by Gasteiger charge is 2.67. The number of hydrogen-bond acceptors (Lipinski definition) is 5. The summed E-state index contributed by atoms with van der Waals surface area (Å²) in [5.41, 5.74) is -1.19. The van der Waals surface area contributed by atoms with Gasteiger partial charge >= 0.3 is 12.1 Å². The Morgan fingerprint density at radius 3 is 2.24 bits per heavy atom. The molecule has 0 radical (unpaired) electrons. The predicted molar refractivity (Wildman–Crippen MR) is 132 cm³/mol. The van der Waals surface area contributed by atoms with E-state index in [-0.39, 0.29) is 33.8 Å². The van der Waals surface area contributed by atoms with E-state index < -0.39 is 64.6 Å². The molecule has 0 unspecified atom stereocenters. The molecule has 3 fully saturated rings. The highest BCUT2D eigenvalue weighted by molar-refractivity contribution is 6.34. The monoisotopic (exact) mass is 588 g/mol. The van der Waals surface area contributed by atoms with Gasteiger partial charge in [0.25, 0.3) is 5.91 Å². The number of amides is 3. The third-order valence-corrected chi connectivity index (χ3v) is 8.88. The van der Waals surface area contributed by atoms with Gasteiger partial charge in [0.1, 0.15) is 0 Å². The Balaban J connectivity index is 1.25. The molecule has 3 aliphatic rings. The smallest absolute Gasteiger partial charge is 0.416 e. The summed E-state index contributed by atoms with van der Waals surface area (Å²) in [6, 6.07) is 8.02. The molecule has 0 aromatic heterocycles. The molecule has 38 heavy (non-hydrogen) atoms. The number of fused-ring (bicyclic) bond motifs is 5. The van der Waals surface area contributed by atoms with E-state index in [4.69, 9.17) is 39.5 Å². The van der Waals surface area contributed by atoms with E-state index in [1.807, 2.05) is 0 Å². The van der Waals surface area contributed by atoms with Crippen molar-refractivity contribution in [3.05, 3.63) is 58.6 Å². The lowest BCUT2D eigenvalue weighted by Gasteiger charge is -2.28. The highest BCUT2D eigenvalue weighted by Crippen LogP contribution is 2.59. The summed E-state index contributed by atoms with van der Waals surface area (Å²) < 4.78 is 43.8. The van der Waals surface area contributed by atoms with E-state index in [9.17, 15) is 32.3 Å². The average Bonchev–Trinajstić information content (AvgIpc) is 3.48. The van der Waals surface area contributed by atoms with Crippen LogP contribution in [0.1, 0.15) is 22.3 Å². The fourth-order valence-corrected chi connectivity index (χ4v) is 6.63. The Labute approximate surface area is 229 Å². The second-order valence-electron chi connectivity index (χ2n) is 9.38. The number of anilines is 2. The van der Waals surface area contributed by atoms with Crippen LogP contribution in [-0.2, 0) is 25.3 Å². The number of benzene rings is 2. The van der Waals surface area contributed by atoms with E-state index in [0.717, 1.165) is 17.0 Å². The van der Waals surface area contributed by atoms with Crippen LogP contribution in [0.5, 0.6) is 0 Å². The SMILES string of the molecule is O=C(COC(=O)c1cccc(N2C(=O)[C@@H]3[C@H]4C[C@@H]([C@H](Cl)[C@@H]4Cl)[C@@H]3C2=O)c1)Nc1cc(C(F)(F)F)ccc1Cl. The molecule has 13 heteroatoms. The maximum absolute atomic E-state index is 13.2. The molecule has 2 saturated carbocycles. The van der Waals surface area contributed by atoms with Gasteiger partial charge in [-0.2, -0.15) is 13.2 Å². The van der Waals surface area contributed by atoms with E-state index in [2.05, 4.69) is 5.32 Å². The molecule has 1 aliphatic heterocycles. The molecule has 1 heterocycles. The molecule has 3 amide bonds. The Morgan fingerprint density at radius 2 is 1.63 bits per heavy atom. The van der Waals surface area contributed by atoms with Gasteiger partial charge < -0.3 is 10.1 Å². The van der Waals surface area contributed by atoms with Gasteiger partial charge in [-0.05, 0) is 54.7 Å². The first-order valence-corrected chi connectivity index (χ1v) is 12.7. The van der Waals surface area contributed by atoms with Crippen LogP contribution in [0.25, 0.3) is 0 Å². The van der Waals surface area contributed by atoms with Gasteiger partial charge in [-0.15, -0.1) is 23.2 Å². The van der Waals surface area contributed by atoms with Crippen LogP contribution >= 0.6 is 34.8 Å². The van der Waals surface area contributed by atoms with Gasteiger partial charge in [-0.3, -0.25) is 19.3 Å². The standard InChI is InChI=1S/C25H18Cl3F3N2O5/c26-15-5-4-11(25(29,30)31)7-16(15)32-17(34)9-38-24(37)10-2-1-3-12(6-10)33-22(35)18-13-8-14(19(18)23(33)36)21(28)20(13)27/h1-7,13-14,18-21H,8-9H2,(H,32,34)/t13-,14-,18-,19+,20-,21+/m1/s1. The second-order valence-corrected chi connectivity index (χ2v) is 10.8. The van der Waals surface area contributed by atoms with Crippen molar-refractivity contribution >= 4 is 69.9 Å². The maximum Gasteiger partial charge on any atom is 0.416 e. The van der Waals surface area contributed by atoms with Gasteiger partial charge in [-0.25, -0.2) is 4.79 Å². The number of halogens is 6. The molecular weight excluding hydrogens is 572 g/mol. The Morgan fingerprint density at radius 1 is 1.00 bits per heavy atom. The van der Waals surface area contributed by atoms with Crippen molar-refractivity contribution in [1.82, 2.24) is 0 Å². The van der Waals surface area contributed by atoms with Gasteiger partial charge in [0.15, 0.2) is 6.61 Å². The van der Waals surface area contributed by atoms with E-state index in [1.165, 1.54) is 24.3 Å². The molecule has 200 valence electrons. The Bertz CT molecular complexity index is 1320. The molecule has 6 atom stereocenters. The van der Waals surface area contributed by atoms with Gasteiger partial charge in [0.2, 0.25) is 11.8 Å². The lowest BCUT2D eigenvalue weighted by atomic mass is 9.80. The van der Waals surface area contributed by atoms with Crippen LogP contribution in [0.4, 0.5) is 24.5 Å². The summed E-state index contributed by atoms with van der Waals surface area (Å²) in [7, 11) is 0. The molecular formula is C25H18Cl3F3N2O5. The number of ether oxygens (including phenoxy) is 1. The molecule has 2 aliphatic carbocycles. The minimum Gasteiger partial charge on any atom is -0.452 e. The normalized spacial score (nSPS) is 28.0. The van der Waals surface area contributed by atoms with E-state index in [1.54, 1.807) is 0 Å². The third kappa shape index (κ3) is 4.52. The predicted octanol–water partition coefficient (Wildman–Crippen LogP) is 5.12. The van der Waals surface area contributed by atoms with Crippen LogP contribution in [0.2, 0.25) is 5.02 Å².